The lowest BCUT2D eigenvalue weighted by molar-refractivity contribution is 0.186. The lowest BCUT2D eigenvalue weighted by Crippen LogP contribution is -2.36. The van der Waals surface area contributed by atoms with Gasteiger partial charge in [0.2, 0.25) is 0 Å². The van der Waals surface area contributed by atoms with E-state index < -0.39 is 0 Å². The molecule has 0 bridgehead atoms. The number of imidazole rings is 1. The third-order valence-electron chi connectivity index (χ3n) is 4.34. The lowest BCUT2D eigenvalue weighted by Gasteiger charge is -2.33. The van der Waals surface area contributed by atoms with E-state index >= 15 is 0 Å². The van der Waals surface area contributed by atoms with E-state index in [0.29, 0.717) is 11.9 Å². The summed E-state index contributed by atoms with van der Waals surface area (Å²) >= 11 is 8.35. The molecule has 114 valence electrons. The van der Waals surface area contributed by atoms with Gasteiger partial charge in [-0.1, -0.05) is 6.92 Å². The van der Waals surface area contributed by atoms with E-state index in [1.807, 2.05) is 0 Å². The number of alkyl halides is 1. The number of benzene rings is 1. The Labute approximate surface area is 144 Å². The molecule has 2 heterocycles. The quantitative estimate of drug-likeness (QED) is 0.552. The molecular weight excluding hydrogens is 397 g/mol. The van der Waals surface area contributed by atoms with Crippen LogP contribution in [0.3, 0.4) is 0 Å². The number of fused-ring (bicyclic) bond motifs is 1. The van der Waals surface area contributed by atoms with Crippen LogP contribution in [-0.4, -0.2) is 40.0 Å². The van der Waals surface area contributed by atoms with Crippen LogP contribution >= 0.6 is 34.2 Å². The van der Waals surface area contributed by atoms with Gasteiger partial charge in [0.1, 0.15) is 5.82 Å². The normalized spacial score (nSPS) is 20.2. The highest BCUT2D eigenvalue weighted by molar-refractivity contribution is 14.1. The highest BCUT2D eigenvalue weighted by Crippen LogP contribution is 2.29. The van der Waals surface area contributed by atoms with Crippen molar-refractivity contribution in [1.29, 1.82) is 0 Å². The molecule has 1 aromatic heterocycles. The first-order valence-electron chi connectivity index (χ1n) is 7.67. The molecule has 0 amide bonds. The zero-order chi connectivity index (χ0) is 14.8. The van der Waals surface area contributed by atoms with E-state index in [2.05, 4.69) is 57.2 Å². The van der Waals surface area contributed by atoms with E-state index in [0.717, 1.165) is 30.9 Å². The minimum absolute atomic E-state index is 0.530. The molecule has 1 fully saturated rings. The Morgan fingerprint density at radius 1 is 1.43 bits per heavy atom. The van der Waals surface area contributed by atoms with E-state index in [1.54, 1.807) is 0 Å². The molecule has 1 unspecified atom stereocenters. The van der Waals surface area contributed by atoms with E-state index in [1.165, 1.54) is 28.5 Å². The molecule has 0 saturated carbocycles. The maximum Gasteiger partial charge on any atom is 0.111 e. The van der Waals surface area contributed by atoms with Crippen LogP contribution in [0.25, 0.3) is 11.0 Å². The number of aromatic nitrogens is 2. The number of hydrogen-bond donors (Lipinski definition) is 0. The van der Waals surface area contributed by atoms with Crippen LogP contribution < -0.4 is 0 Å². The molecule has 5 heteroatoms. The van der Waals surface area contributed by atoms with Gasteiger partial charge in [0.05, 0.1) is 11.0 Å². The molecule has 0 radical (unpaired) electrons. The SMILES string of the molecule is CCN1CCCC(n2c(CCCl)nc3cc(I)ccc32)C1. The molecule has 1 atom stereocenters. The van der Waals surface area contributed by atoms with Gasteiger partial charge in [-0.2, -0.15) is 0 Å². The summed E-state index contributed by atoms with van der Waals surface area (Å²) in [5.74, 6) is 1.77. The van der Waals surface area contributed by atoms with Crippen LogP contribution in [0.5, 0.6) is 0 Å². The molecule has 1 aliphatic heterocycles. The lowest BCUT2D eigenvalue weighted by atomic mass is 10.0. The molecule has 1 aromatic carbocycles. The molecule has 1 saturated heterocycles. The van der Waals surface area contributed by atoms with Gasteiger partial charge in [0, 0.05) is 28.5 Å². The summed E-state index contributed by atoms with van der Waals surface area (Å²) in [6.07, 6.45) is 3.35. The topological polar surface area (TPSA) is 21.1 Å². The van der Waals surface area contributed by atoms with Crippen LogP contribution in [0, 0.1) is 3.57 Å². The van der Waals surface area contributed by atoms with Crippen molar-refractivity contribution in [2.75, 3.05) is 25.5 Å². The summed E-state index contributed by atoms with van der Waals surface area (Å²) in [5, 5.41) is 0. The Bertz CT molecular complexity index is 625. The van der Waals surface area contributed by atoms with Crippen molar-refractivity contribution >= 4 is 45.2 Å². The van der Waals surface area contributed by atoms with Gasteiger partial charge in [-0.15, -0.1) is 11.6 Å². The van der Waals surface area contributed by atoms with Crippen LogP contribution in [0.15, 0.2) is 18.2 Å². The predicted molar refractivity (Wildman–Crippen MR) is 97.3 cm³/mol. The van der Waals surface area contributed by atoms with Gasteiger partial charge in [-0.3, -0.25) is 0 Å². The van der Waals surface area contributed by atoms with E-state index in [4.69, 9.17) is 16.6 Å². The molecule has 0 N–H and O–H groups in total. The first kappa shape index (κ1) is 15.6. The minimum atomic E-state index is 0.530. The fourth-order valence-corrected chi connectivity index (χ4v) is 3.96. The highest BCUT2D eigenvalue weighted by atomic mass is 127. The van der Waals surface area contributed by atoms with Crippen molar-refractivity contribution in [2.45, 2.75) is 32.2 Å². The zero-order valence-electron chi connectivity index (χ0n) is 12.4. The first-order valence-corrected chi connectivity index (χ1v) is 9.29. The third-order valence-corrected chi connectivity index (χ3v) is 5.20. The summed E-state index contributed by atoms with van der Waals surface area (Å²) in [7, 11) is 0. The molecule has 21 heavy (non-hydrogen) atoms. The predicted octanol–water partition coefficient (Wildman–Crippen LogP) is 4.08. The standard InChI is InChI=1S/C16H21ClIN3/c1-2-20-9-3-4-13(11-20)21-15-6-5-12(18)10-14(15)19-16(21)7-8-17/h5-6,10,13H,2-4,7-9,11H2,1H3. The Kier molecular flexibility index (Phi) is 5.07. The number of nitrogens with zero attached hydrogens (tertiary/aromatic N) is 3. The second-order valence-corrected chi connectivity index (χ2v) is 7.28. The number of piperidine rings is 1. The highest BCUT2D eigenvalue weighted by Gasteiger charge is 2.24. The molecule has 0 spiro atoms. The van der Waals surface area contributed by atoms with E-state index in [-0.39, 0.29) is 0 Å². The third kappa shape index (κ3) is 3.22. The number of hydrogen-bond acceptors (Lipinski definition) is 2. The summed E-state index contributed by atoms with van der Waals surface area (Å²) < 4.78 is 3.69. The number of likely N-dealkylation sites (tertiary alicyclic amines) is 1. The molecule has 1 aliphatic rings. The summed E-state index contributed by atoms with van der Waals surface area (Å²) in [6.45, 7) is 5.73. The maximum absolute atomic E-state index is 6.00. The largest absolute Gasteiger partial charge is 0.324 e. The van der Waals surface area contributed by atoms with Crippen molar-refractivity contribution in [3.63, 3.8) is 0 Å². The maximum atomic E-state index is 6.00. The smallest absolute Gasteiger partial charge is 0.111 e. The fourth-order valence-electron chi connectivity index (χ4n) is 3.32. The average Bonchev–Trinajstić information content (AvgIpc) is 2.84. The van der Waals surface area contributed by atoms with Gasteiger partial charge >= 0.3 is 0 Å². The Morgan fingerprint density at radius 2 is 2.29 bits per heavy atom. The van der Waals surface area contributed by atoms with Gasteiger partial charge < -0.3 is 9.47 Å². The van der Waals surface area contributed by atoms with Gasteiger partial charge in [-0.25, -0.2) is 4.98 Å². The number of likely N-dealkylation sites (N-methyl/N-ethyl adjacent to an activating group) is 1. The van der Waals surface area contributed by atoms with Crippen molar-refractivity contribution < 1.29 is 0 Å². The average molecular weight is 418 g/mol. The van der Waals surface area contributed by atoms with E-state index in [9.17, 15) is 0 Å². The van der Waals surface area contributed by atoms with Crippen molar-refractivity contribution in [2.24, 2.45) is 0 Å². The molecule has 0 aliphatic carbocycles. The fraction of sp³-hybridized carbons (Fsp3) is 0.562. The second kappa shape index (κ2) is 6.84. The van der Waals surface area contributed by atoms with Crippen LogP contribution in [0.1, 0.15) is 31.6 Å². The monoisotopic (exact) mass is 417 g/mol. The molecular formula is C16H21ClIN3. The van der Waals surface area contributed by atoms with Crippen molar-refractivity contribution in [1.82, 2.24) is 14.5 Å². The zero-order valence-corrected chi connectivity index (χ0v) is 15.3. The van der Waals surface area contributed by atoms with Crippen molar-refractivity contribution in [3.05, 3.63) is 27.6 Å². The summed E-state index contributed by atoms with van der Waals surface area (Å²) in [6, 6.07) is 7.09. The molecule has 3 nitrogen and oxygen atoms in total. The van der Waals surface area contributed by atoms with Gasteiger partial charge in [0.25, 0.3) is 0 Å². The van der Waals surface area contributed by atoms with Crippen LogP contribution in [0.2, 0.25) is 0 Å². The molecule has 2 aromatic rings. The van der Waals surface area contributed by atoms with Crippen molar-refractivity contribution in [3.8, 4) is 0 Å². The molecule has 3 rings (SSSR count). The van der Waals surface area contributed by atoms with Crippen LogP contribution in [-0.2, 0) is 6.42 Å². The Morgan fingerprint density at radius 3 is 3.05 bits per heavy atom. The number of aryl methyl sites for hydroxylation is 1. The van der Waals surface area contributed by atoms with Gasteiger partial charge in [-0.05, 0) is 66.7 Å². The number of rotatable bonds is 4. The summed E-state index contributed by atoms with van der Waals surface area (Å²) in [4.78, 5) is 7.38. The van der Waals surface area contributed by atoms with Crippen LogP contribution in [0.4, 0.5) is 0 Å². The minimum Gasteiger partial charge on any atom is -0.324 e. The Hall–Kier alpha value is -0.330. The number of halogens is 2. The van der Waals surface area contributed by atoms with Gasteiger partial charge in [0.15, 0.2) is 0 Å². The first-order chi connectivity index (χ1) is 10.2. The second-order valence-electron chi connectivity index (χ2n) is 5.66. The summed E-state index contributed by atoms with van der Waals surface area (Å²) in [5.41, 5.74) is 2.37. The Balaban J connectivity index is 2.04.